The molecule has 0 saturated carbocycles. The maximum atomic E-state index is 11.3. The monoisotopic (exact) mass is 217 g/mol. The van der Waals surface area contributed by atoms with Crippen molar-refractivity contribution in [3.05, 3.63) is 29.8 Å². The summed E-state index contributed by atoms with van der Waals surface area (Å²) in [6, 6.07) is 7.98. The Kier molecular flexibility index (Phi) is 3.28. The van der Waals surface area contributed by atoms with Crippen LogP contribution in [0.15, 0.2) is 24.3 Å². The zero-order chi connectivity index (χ0) is 11.5. The van der Waals surface area contributed by atoms with Gasteiger partial charge in [0.15, 0.2) is 5.78 Å². The lowest BCUT2D eigenvalue weighted by molar-refractivity contribution is 0.101. The lowest BCUT2D eigenvalue weighted by atomic mass is 9.98. The molecule has 0 aromatic heterocycles. The minimum Gasteiger partial charge on any atom is -0.371 e. The van der Waals surface area contributed by atoms with E-state index >= 15 is 0 Å². The molecule has 86 valence electrons. The van der Waals surface area contributed by atoms with Crippen molar-refractivity contribution in [1.29, 1.82) is 0 Å². The second kappa shape index (κ2) is 4.69. The second-order valence-corrected chi connectivity index (χ2v) is 4.78. The Balaban J connectivity index is 2.14. The average Bonchev–Trinajstić information content (AvgIpc) is 2.30. The molecule has 1 aromatic rings. The molecule has 1 fully saturated rings. The van der Waals surface area contributed by atoms with Gasteiger partial charge in [-0.3, -0.25) is 4.79 Å². The van der Waals surface area contributed by atoms with E-state index in [4.69, 9.17) is 0 Å². The molecule has 0 spiro atoms. The first-order chi connectivity index (χ1) is 7.66. The molecule has 1 aromatic carbocycles. The summed E-state index contributed by atoms with van der Waals surface area (Å²) in [5.41, 5.74) is 2.01. The van der Waals surface area contributed by atoms with Gasteiger partial charge in [-0.15, -0.1) is 0 Å². The maximum Gasteiger partial charge on any atom is 0.159 e. The fraction of sp³-hybridized carbons (Fsp3) is 0.500. The second-order valence-electron chi connectivity index (χ2n) is 4.78. The molecular formula is C14H19NO. The molecular weight excluding hydrogens is 198 g/mol. The SMILES string of the molecule is CC(=O)c1cccc(N2CCC(C)CC2)c1. The number of carbonyl (C=O) groups is 1. The minimum atomic E-state index is 0.146. The van der Waals surface area contributed by atoms with Crippen molar-refractivity contribution >= 4 is 11.5 Å². The first-order valence-corrected chi connectivity index (χ1v) is 6.03. The van der Waals surface area contributed by atoms with Crippen LogP contribution in [0.3, 0.4) is 0 Å². The highest BCUT2D eigenvalue weighted by atomic mass is 16.1. The van der Waals surface area contributed by atoms with Gasteiger partial charge in [0.05, 0.1) is 0 Å². The van der Waals surface area contributed by atoms with Gasteiger partial charge in [-0.05, 0) is 37.8 Å². The summed E-state index contributed by atoms with van der Waals surface area (Å²) in [7, 11) is 0. The third-order valence-corrected chi connectivity index (χ3v) is 3.40. The quantitative estimate of drug-likeness (QED) is 0.709. The number of rotatable bonds is 2. The highest BCUT2D eigenvalue weighted by Crippen LogP contribution is 2.23. The fourth-order valence-electron chi connectivity index (χ4n) is 2.19. The van der Waals surface area contributed by atoms with E-state index in [1.807, 2.05) is 18.2 Å². The van der Waals surface area contributed by atoms with E-state index < -0.39 is 0 Å². The smallest absolute Gasteiger partial charge is 0.159 e. The van der Waals surface area contributed by atoms with E-state index in [0.29, 0.717) is 0 Å². The Morgan fingerprint density at radius 2 is 2.00 bits per heavy atom. The van der Waals surface area contributed by atoms with Gasteiger partial charge in [0.2, 0.25) is 0 Å². The maximum absolute atomic E-state index is 11.3. The number of piperidine rings is 1. The summed E-state index contributed by atoms with van der Waals surface area (Å²) < 4.78 is 0. The predicted molar refractivity (Wildman–Crippen MR) is 67.1 cm³/mol. The molecule has 1 heterocycles. The zero-order valence-electron chi connectivity index (χ0n) is 10.1. The number of Topliss-reactive ketones (excluding diaryl/α,β-unsaturated/α-hetero) is 1. The summed E-state index contributed by atoms with van der Waals surface area (Å²) in [5.74, 6) is 0.986. The number of anilines is 1. The molecule has 1 aliphatic rings. The van der Waals surface area contributed by atoms with Gasteiger partial charge < -0.3 is 4.90 Å². The van der Waals surface area contributed by atoms with Crippen molar-refractivity contribution in [2.75, 3.05) is 18.0 Å². The first kappa shape index (κ1) is 11.2. The highest BCUT2D eigenvalue weighted by Gasteiger charge is 2.16. The molecule has 1 aliphatic heterocycles. The summed E-state index contributed by atoms with van der Waals surface area (Å²) in [5, 5.41) is 0. The molecule has 16 heavy (non-hydrogen) atoms. The third-order valence-electron chi connectivity index (χ3n) is 3.40. The van der Waals surface area contributed by atoms with Crippen LogP contribution < -0.4 is 4.90 Å². The normalized spacial score (nSPS) is 17.5. The molecule has 0 atom stereocenters. The summed E-state index contributed by atoms with van der Waals surface area (Å²) in [4.78, 5) is 13.7. The van der Waals surface area contributed by atoms with E-state index in [0.717, 1.165) is 24.6 Å². The van der Waals surface area contributed by atoms with Crippen LogP contribution in [0.5, 0.6) is 0 Å². The summed E-state index contributed by atoms with van der Waals surface area (Å²) in [6.45, 7) is 6.16. The van der Waals surface area contributed by atoms with Crippen molar-refractivity contribution in [3.8, 4) is 0 Å². The largest absolute Gasteiger partial charge is 0.371 e. The van der Waals surface area contributed by atoms with Crippen LogP contribution in [0.25, 0.3) is 0 Å². The molecule has 0 N–H and O–H groups in total. The number of nitrogens with zero attached hydrogens (tertiary/aromatic N) is 1. The Hall–Kier alpha value is -1.31. The van der Waals surface area contributed by atoms with Gasteiger partial charge in [-0.2, -0.15) is 0 Å². The Labute approximate surface area is 97.3 Å². The number of carbonyl (C=O) groups excluding carboxylic acids is 1. The Morgan fingerprint density at radius 1 is 1.31 bits per heavy atom. The van der Waals surface area contributed by atoms with Crippen molar-refractivity contribution in [2.45, 2.75) is 26.7 Å². The van der Waals surface area contributed by atoms with E-state index in [-0.39, 0.29) is 5.78 Å². The Bertz CT molecular complexity index is 378. The molecule has 2 heteroatoms. The Morgan fingerprint density at radius 3 is 2.62 bits per heavy atom. The van der Waals surface area contributed by atoms with Crippen LogP contribution >= 0.6 is 0 Å². The van der Waals surface area contributed by atoms with Gasteiger partial charge >= 0.3 is 0 Å². The van der Waals surface area contributed by atoms with Crippen molar-refractivity contribution in [2.24, 2.45) is 5.92 Å². The molecule has 0 bridgehead atoms. The first-order valence-electron chi connectivity index (χ1n) is 6.03. The molecule has 2 nitrogen and oxygen atoms in total. The number of hydrogen-bond acceptors (Lipinski definition) is 2. The van der Waals surface area contributed by atoms with E-state index in [1.165, 1.54) is 18.5 Å². The third kappa shape index (κ3) is 2.43. The zero-order valence-corrected chi connectivity index (χ0v) is 10.1. The molecule has 2 rings (SSSR count). The number of ketones is 1. The van der Waals surface area contributed by atoms with Crippen molar-refractivity contribution in [3.63, 3.8) is 0 Å². The topological polar surface area (TPSA) is 20.3 Å². The molecule has 0 radical (unpaired) electrons. The standard InChI is InChI=1S/C14H19NO/c1-11-6-8-15(9-7-11)14-5-3-4-13(10-14)12(2)16/h3-5,10-11H,6-9H2,1-2H3. The minimum absolute atomic E-state index is 0.146. The predicted octanol–water partition coefficient (Wildman–Crippen LogP) is 3.13. The van der Waals surface area contributed by atoms with Gasteiger partial charge in [0.1, 0.15) is 0 Å². The van der Waals surface area contributed by atoms with E-state index in [1.54, 1.807) is 6.92 Å². The van der Waals surface area contributed by atoms with Crippen molar-refractivity contribution in [1.82, 2.24) is 0 Å². The molecule has 0 amide bonds. The van der Waals surface area contributed by atoms with Crippen LogP contribution in [0, 0.1) is 5.92 Å². The van der Waals surface area contributed by atoms with Crippen LogP contribution in [0.1, 0.15) is 37.0 Å². The lowest BCUT2D eigenvalue weighted by Crippen LogP contribution is -2.32. The lowest BCUT2D eigenvalue weighted by Gasteiger charge is -2.32. The van der Waals surface area contributed by atoms with Crippen LogP contribution in [-0.4, -0.2) is 18.9 Å². The number of hydrogen-bond donors (Lipinski definition) is 0. The molecule has 0 aliphatic carbocycles. The van der Waals surface area contributed by atoms with E-state index in [9.17, 15) is 4.79 Å². The summed E-state index contributed by atoms with van der Waals surface area (Å²) in [6.07, 6.45) is 2.51. The van der Waals surface area contributed by atoms with Crippen LogP contribution in [0.4, 0.5) is 5.69 Å². The van der Waals surface area contributed by atoms with Crippen LogP contribution in [-0.2, 0) is 0 Å². The van der Waals surface area contributed by atoms with Gasteiger partial charge in [0, 0.05) is 24.3 Å². The van der Waals surface area contributed by atoms with Gasteiger partial charge in [-0.1, -0.05) is 19.1 Å². The fourth-order valence-corrected chi connectivity index (χ4v) is 2.19. The van der Waals surface area contributed by atoms with Gasteiger partial charge in [0.25, 0.3) is 0 Å². The molecule has 0 unspecified atom stereocenters. The average molecular weight is 217 g/mol. The van der Waals surface area contributed by atoms with E-state index in [2.05, 4.69) is 17.9 Å². The number of benzene rings is 1. The molecule has 1 saturated heterocycles. The van der Waals surface area contributed by atoms with Crippen molar-refractivity contribution < 1.29 is 4.79 Å². The van der Waals surface area contributed by atoms with Gasteiger partial charge in [-0.25, -0.2) is 0 Å². The highest BCUT2D eigenvalue weighted by molar-refractivity contribution is 5.94. The summed E-state index contributed by atoms with van der Waals surface area (Å²) >= 11 is 0. The van der Waals surface area contributed by atoms with Crippen LogP contribution in [0.2, 0.25) is 0 Å².